The van der Waals surface area contributed by atoms with E-state index >= 15 is 0 Å². The number of anilines is 1. The molecule has 1 N–H and O–H groups in total. The summed E-state index contributed by atoms with van der Waals surface area (Å²) in [5.74, 6) is -2.87. The van der Waals surface area contributed by atoms with Gasteiger partial charge in [-0.2, -0.15) is 0 Å². The number of thiazole rings is 1. The number of allylic oxidation sites excluding steroid dienone is 2. The van der Waals surface area contributed by atoms with E-state index in [4.69, 9.17) is 0 Å². The molecule has 0 aliphatic heterocycles. The topological polar surface area (TPSA) is 82.1 Å². The minimum Gasteiger partial charge on any atom is -0.550 e. The van der Waals surface area contributed by atoms with Gasteiger partial charge in [0.15, 0.2) is 5.13 Å². The zero-order chi connectivity index (χ0) is 18.4. The Morgan fingerprint density at radius 2 is 1.92 bits per heavy atom. The Hall–Kier alpha value is -2.47. The third-order valence-corrected chi connectivity index (χ3v) is 6.18. The van der Waals surface area contributed by atoms with E-state index < -0.39 is 17.8 Å². The zero-order valence-electron chi connectivity index (χ0n) is 14.6. The maximum Gasteiger partial charge on any atom is 0.230 e. The van der Waals surface area contributed by atoms with Crippen molar-refractivity contribution in [2.75, 3.05) is 5.32 Å². The quantitative estimate of drug-likeness (QED) is 0.842. The highest BCUT2D eigenvalue weighted by Crippen LogP contribution is 2.48. The molecule has 5 nitrogen and oxygen atoms in total. The molecule has 2 aliphatic carbocycles. The number of aromatic nitrogens is 1. The van der Waals surface area contributed by atoms with Crippen LogP contribution in [0.1, 0.15) is 17.5 Å². The maximum atomic E-state index is 12.7. The molecule has 1 heterocycles. The smallest absolute Gasteiger partial charge is 0.230 e. The Kier molecular flexibility index (Phi) is 4.15. The van der Waals surface area contributed by atoms with Gasteiger partial charge in [0.1, 0.15) is 0 Å². The summed E-state index contributed by atoms with van der Waals surface area (Å²) in [7, 11) is 0. The van der Waals surface area contributed by atoms with Crippen LogP contribution in [0.25, 0.3) is 11.3 Å². The predicted octanol–water partition coefficient (Wildman–Crippen LogP) is 2.55. The number of amides is 1. The summed E-state index contributed by atoms with van der Waals surface area (Å²) in [5, 5.41) is 16.7. The molecular weight excluding hydrogens is 348 g/mol. The fraction of sp³-hybridized carbons (Fsp3) is 0.350. The highest BCUT2D eigenvalue weighted by atomic mass is 32.1. The van der Waals surface area contributed by atoms with E-state index in [2.05, 4.69) is 16.4 Å². The van der Waals surface area contributed by atoms with Crippen LogP contribution in [0.3, 0.4) is 0 Å². The summed E-state index contributed by atoms with van der Waals surface area (Å²) < 4.78 is 0. The molecule has 1 aromatic heterocycles. The van der Waals surface area contributed by atoms with E-state index in [9.17, 15) is 14.7 Å². The minimum atomic E-state index is -1.14. The minimum absolute atomic E-state index is 0.0262. The molecule has 134 valence electrons. The fourth-order valence-corrected chi connectivity index (χ4v) is 4.96. The van der Waals surface area contributed by atoms with Gasteiger partial charge < -0.3 is 15.2 Å². The fourth-order valence-electron chi connectivity index (χ4n) is 4.25. The van der Waals surface area contributed by atoms with Crippen LogP contribution in [0.2, 0.25) is 0 Å². The molecule has 2 aliphatic rings. The van der Waals surface area contributed by atoms with Crippen LogP contribution in [0.5, 0.6) is 0 Å². The number of nitrogens with one attached hydrogen (secondary N) is 1. The number of aliphatic carboxylic acids is 1. The van der Waals surface area contributed by atoms with E-state index in [0.717, 1.165) is 16.8 Å². The van der Waals surface area contributed by atoms with E-state index in [1.807, 2.05) is 43.5 Å². The highest BCUT2D eigenvalue weighted by Gasteiger charge is 2.48. The first-order valence-corrected chi connectivity index (χ1v) is 9.55. The maximum absolute atomic E-state index is 12.7. The molecule has 2 aromatic rings. The largest absolute Gasteiger partial charge is 0.550 e. The number of nitrogens with zero attached hydrogens (tertiary/aromatic N) is 1. The van der Waals surface area contributed by atoms with E-state index in [-0.39, 0.29) is 17.7 Å². The van der Waals surface area contributed by atoms with Gasteiger partial charge in [-0.3, -0.25) is 4.79 Å². The number of carboxylic acid groups (broad SMARTS) is 1. The second-order valence-electron chi connectivity index (χ2n) is 7.16. The monoisotopic (exact) mass is 367 g/mol. The van der Waals surface area contributed by atoms with Gasteiger partial charge in [-0.05, 0) is 37.7 Å². The number of rotatable bonds is 4. The van der Waals surface area contributed by atoms with Crippen molar-refractivity contribution in [1.29, 1.82) is 0 Å². The van der Waals surface area contributed by atoms with Gasteiger partial charge in [0.2, 0.25) is 5.91 Å². The summed E-state index contributed by atoms with van der Waals surface area (Å²) in [4.78, 5) is 28.7. The summed E-state index contributed by atoms with van der Waals surface area (Å²) >= 11 is 1.35. The SMILES string of the molecule is Cc1ccc(-c2csc(NC(=O)[C@@H]3[C@@H](C(=O)[O-])[C@H]4C=C[C@H]3C4)n2)c(C)c1. The summed E-state index contributed by atoms with van der Waals surface area (Å²) in [6.07, 6.45) is 4.57. The number of carbonyl (C=O) groups excluding carboxylic acids is 2. The molecular formula is C20H19N2O3S-. The lowest BCUT2D eigenvalue weighted by atomic mass is 9.82. The lowest BCUT2D eigenvalue weighted by Gasteiger charge is -2.27. The van der Waals surface area contributed by atoms with Crippen LogP contribution in [0.4, 0.5) is 5.13 Å². The number of benzene rings is 1. The molecule has 4 atom stereocenters. The first kappa shape index (κ1) is 17.0. The predicted molar refractivity (Wildman–Crippen MR) is 98.4 cm³/mol. The highest BCUT2D eigenvalue weighted by molar-refractivity contribution is 7.14. The standard InChI is InChI=1S/C20H20N2O3S/c1-10-3-6-14(11(2)7-10)15-9-26-20(21-15)22-18(23)16-12-4-5-13(8-12)17(16)19(24)25/h3-7,9,12-13,16-17H,8H2,1-2H3,(H,24,25)(H,21,22,23)/p-1/t12-,13-,16-,17-/m0/s1. The zero-order valence-corrected chi connectivity index (χ0v) is 15.4. The van der Waals surface area contributed by atoms with Crippen LogP contribution in [-0.4, -0.2) is 16.9 Å². The van der Waals surface area contributed by atoms with Crippen LogP contribution in [0, 0.1) is 37.5 Å². The van der Waals surface area contributed by atoms with Crippen molar-refractivity contribution in [3.05, 3.63) is 46.9 Å². The van der Waals surface area contributed by atoms with E-state index in [0.29, 0.717) is 11.6 Å². The van der Waals surface area contributed by atoms with Crippen LogP contribution in [0.15, 0.2) is 35.7 Å². The molecule has 2 bridgehead atoms. The molecule has 1 saturated carbocycles. The third-order valence-electron chi connectivity index (χ3n) is 5.43. The van der Waals surface area contributed by atoms with Crippen molar-refractivity contribution >= 4 is 28.3 Å². The van der Waals surface area contributed by atoms with Gasteiger partial charge in [-0.25, -0.2) is 4.98 Å². The lowest BCUT2D eigenvalue weighted by Crippen LogP contribution is -2.42. The van der Waals surface area contributed by atoms with Crippen molar-refractivity contribution in [2.45, 2.75) is 20.3 Å². The third kappa shape index (κ3) is 2.84. The first-order chi connectivity index (χ1) is 12.4. The normalized spacial score (nSPS) is 26.2. The van der Waals surface area contributed by atoms with Crippen LogP contribution >= 0.6 is 11.3 Å². The van der Waals surface area contributed by atoms with Crippen molar-refractivity contribution < 1.29 is 14.7 Å². The van der Waals surface area contributed by atoms with Gasteiger partial charge in [0, 0.05) is 22.8 Å². The first-order valence-electron chi connectivity index (χ1n) is 8.67. The van der Waals surface area contributed by atoms with E-state index in [1.165, 1.54) is 16.9 Å². The van der Waals surface area contributed by atoms with Crippen LogP contribution < -0.4 is 10.4 Å². The second-order valence-corrected chi connectivity index (χ2v) is 8.02. The second kappa shape index (κ2) is 6.36. The molecule has 1 amide bonds. The Morgan fingerprint density at radius 3 is 2.62 bits per heavy atom. The van der Waals surface area contributed by atoms with Gasteiger partial charge in [0.25, 0.3) is 0 Å². The molecule has 1 aromatic carbocycles. The van der Waals surface area contributed by atoms with Crippen molar-refractivity contribution in [1.82, 2.24) is 4.98 Å². The molecule has 26 heavy (non-hydrogen) atoms. The van der Waals surface area contributed by atoms with Crippen molar-refractivity contribution in [3.63, 3.8) is 0 Å². The number of hydrogen-bond acceptors (Lipinski definition) is 5. The van der Waals surface area contributed by atoms with Gasteiger partial charge >= 0.3 is 0 Å². The molecule has 1 fully saturated rings. The van der Waals surface area contributed by atoms with Crippen molar-refractivity contribution in [2.24, 2.45) is 23.7 Å². The summed E-state index contributed by atoms with van der Waals surface area (Å²) in [5.41, 5.74) is 4.16. The number of hydrogen-bond donors (Lipinski definition) is 1. The van der Waals surface area contributed by atoms with Gasteiger partial charge in [-0.1, -0.05) is 35.9 Å². The molecule has 6 heteroatoms. The van der Waals surface area contributed by atoms with Crippen molar-refractivity contribution in [3.8, 4) is 11.3 Å². The van der Waals surface area contributed by atoms with Crippen LogP contribution in [-0.2, 0) is 9.59 Å². The Bertz CT molecular complexity index is 918. The summed E-state index contributed by atoms with van der Waals surface area (Å²) in [6, 6.07) is 6.16. The number of fused-ring (bicyclic) bond motifs is 2. The molecule has 0 radical (unpaired) electrons. The van der Waals surface area contributed by atoms with Gasteiger partial charge in [0.05, 0.1) is 11.6 Å². The molecule has 0 unspecified atom stereocenters. The van der Waals surface area contributed by atoms with E-state index in [1.54, 1.807) is 0 Å². The number of carboxylic acids is 1. The number of aryl methyl sites for hydroxylation is 2. The Balaban J connectivity index is 1.53. The Labute approximate surface area is 155 Å². The number of carbonyl (C=O) groups is 2. The molecule has 4 rings (SSSR count). The Morgan fingerprint density at radius 1 is 1.19 bits per heavy atom. The molecule has 0 saturated heterocycles. The van der Waals surface area contributed by atoms with Gasteiger partial charge in [-0.15, -0.1) is 11.3 Å². The summed E-state index contributed by atoms with van der Waals surface area (Å²) in [6.45, 7) is 4.08. The average Bonchev–Trinajstić information content (AvgIpc) is 3.29. The lowest BCUT2D eigenvalue weighted by molar-refractivity contribution is -0.313. The average molecular weight is 367 g/mol. The molecule has 0 spiro atoms.